The zero-order chi connectivity index (χ0) is 18.8. The second-order valence-electron chi connectivity index (χ2n) is 6.45. The Kier molecular flexibility index (Phi) is 5.58. The molecule has 2 aromatic rings. The molecule has 0 aromatic heterocycles. The lowest BCUT2D eigenvalue weighted by molar-refractivity contribution is -0.116. The van der Waals surface area contributed by atoms with E-state index in [1.165, 1.54) is 0 Å². The second-order valence-corrected chi connectivity index (χ2v) is 8.17. The molecular weight excluding hydrogens is 368 g/mol. The first-order chi connectivity index (χ1) is 12.4. The number of aryl methyl sites for hydroxylation is 2. The first kappa shape index (κ1) is 18.8. The van der Waals surface area contributed by atoms with Gasteiger partial charge in [0.25, 0.3) is 0 Å². The van der Waals surface area contributed by atoms with E-state index in [9.17, 15) is 9.59 Å². The van der Waals surface area contributed by atoms with Crippen LogP contribution in [0, 0.1) is 13.8 Å². The molecule has 26 heavy (non-hydrogen) atoms. The van der Waals surface area contributed by atoms with Crippen molar-refractivity contribution in [3.63, 3.8) is 0 Å². The van der Waals surface area contributed by atoms with Crippen molar-refractivity contribution < 1.29 is 9.59 Å². The molecule has 4 nitrogen and oxygen atoms in total. The highest BCUT2D eigenvalue weighted by Crippen LogP contribution is 2.43. The number of carbonyl (C=O) groups excluding carboxylic acids is 2. The molecule has 1 N–H and O–H groups in total. The number of alkyl halides is 1. The Morgan fingerprint density at radius 1 is 1.27 bits per heavy atom. The average Bonchev–Trinajstić information content (AvgIpc) is 2.98. The maximum Gasteiger partial charge on any atom is 0.242 e. The van der Waals surface area contributed by atoms with Gasteiger partial charge in [0.05, 0.1) is 5.75 Å². The van der Waals surface area contributed by atoms with E-state index in [1.54, 1.807) is 18.7 Å². The lowest BCUT2D eigenvalue weighted by atomic mass is 10.1. The number of nitrogens with one attached hydrogen (secondary N) is 1. The fourth-order valence-electron chi connectivity index (χ4n) is 2.92. The van der Waals surface area contributed by atoms with E-state index in [0.717, 1.165) is 22.4 Å². The zero-order valence-corrected chi connectivity index (χ0v) is 16.5. The summed E-state index contributed by atoms with van der Waals surface area (Å²) in [5.41, 5.74) is 4.78. The van der Waals surface area contributed by atoms with Crippen LogP contribution in [0.15, 0.2) is 42.5 Å². The summed E-state index contributed by atoms with van der Waals surface area (Å²) in [7, 11) is 0. The number of carbonyl (C=O) groups is 2. The molecule has 0 radical (unpaired) electrons. The number of amides is 2. The molecule has 2 amide bonds. The van der Waals surface area contributed by atoms with Crippen LogP contribution in [0.25, 0.3) is 0 Å². The van der Waals surface area contributed by atoms with Gasteiger partial charge < -0.3 is 5.32 Å². The smallest absolute Gasteiger partial charge is 0.242 e. The van der Waals surface area contributed by atoms with Crippen molar-refractivity contribution in [3.8, 4) is 0 Å². The molecule has 3 rings (SSSR count). The molecule has 0 unspecified atom stereocenters. The highest BCUT2D eigenvalue weighted by molar-refractivity contribution is 8.00. The van der Waals surface area contributed by atoms with Crippen LogP contribution in [0.3, 0.4) is 0 Å². The number of hydrogen-bond donors (Lipinski definition) is 1. The molecule has 1 aliphatic heterocycles. The first-order valence-corrected chi connectivity index (χ1v) is 9.91. The monoisotopic (exact) mass is 388 g/mol. The van der Waals surface area contributed by atoms with Crippen LogP contribution in [-0.4, -0.2) is 22.9 Å². The minimum atomic E-state index is -0.604. The Balaban J connectivity index is 1.94. The van der Waals surface area contributed by atoms with Gasteiger partial charge in [-0.1, -0.05) is 24.3 Å². The SMILES string of the molecule is Cc1ccc(C)c(N2C(=O)CS[C@H]2c2cccc(NC(=O)[C@H](C)Cl)c2)c1. The van der Waals surface area contributed by atoms with Gasteiger partial charge in [-0.05, 0) is 55.7 Å². The third kappa shape index (κ3) is 3.89. The number of halogens is 1. The number of nitrogens with zero attached hydrogens (tertiary/aromatic N) is 1. The van der Waals surface area contributed by atoms with Crippen LogP contribution in [-0.2, 0) is 9.59 Å². The maximum atomic E-state index is 12.6. The topological polar surface area (TPSA) is 49.4 Å². The maximum absolute atomic E-state index is 12.6. The average molecular weight is 389 g/mol. The molecule has 1 saturated heterocycles. The van der Waals surface area contributed by atoms with Gasteiger partial charge in [-0.25, -0.2) is 0 Å². The molecule has 1 fully saturated rings. The van der Waals surface area contributed by atoms with Crippen LogP contribution < -0.4 is 10.2 Å². The van der Waals surface area contributed by atoms with Crippen molar-refractivity contribution in [1.29, 1.82) is 0 Å². The van der Waals surface area contributed by atoms with Gasteiger partial charge >= 0.3 is 0 Å². The molecule has 0 saturated carbocycles. The van der Waals surface area contributed by atoms with Gasteiger partial charge in [-0.15, -0.1) is 23.4 Å². The zero-order valence-electron chi connectivity index (χ0n) is 15.0. The normalized spacial score (nSPS) is 18.1. The van der Waals surface area contributed by atoms with Gasteiger partial charge in [0.1, 0.15) is 10.8 Å². The van der Waals surface area contributed by atoms with Crippen LogP contribution >= 0.6 is 23.4 Å². The van der Waals surface area contributed by atoms with E-state index in [2.05, 4.69) is 5.32 Å². The minimum Gasteiger partial charge on any atom is -0.325 e. The summed E-state index contributed by atoms with van der Waals surface area (Å²) in [6.07, 6.45) is 0. The molecule has 0 bridgehead atoms. The van der Waals surface area contributed by atoms with Crippen molar-refractivity contribution in [2.45, 2.75) is 31.5 Å². The number of rotatable bonds is 4. The van der Waals surface area contributed by atoms with E-state index in [1.807, 2.05) is 61.2 Å². The van der Waals surface area contributed by atoms with E-state index in [0.29, 0.717) is 11.4 Å². The quantitative estimate of drug-likeness (QED) is 0.775. The third-order valence-electron chi connectivity index (χ3n) is 4.29. The summed E-state index contributed by atoms with van der Waals surface area (Å²) >= 11 is 7.42. The Labute approximate surface area is 162 Å². The fourth-order valence-corrected chi connectivity index (χ4v) is 4.14. The van der Waals surface area contributed by atoms with Crippen molar-refractivity contribution >= 4 is 46.6 Å². The number of hydrogen-bond acceptors (Lipinski definition) is 3. The summed E-state index contributed by atoms with van der Waals surface area (Å²) in [6, 6.07) is 13.7. The van der Waals surface area contributed by atoms with E-state index >= 15 is 0 Å². The van der Waals surface area contributed by atoms with Gasteiger partial charge in [0.15, 0.2) is 0 Å². The Bertz CT molecular complexity index is 853. The van der Waals surface area contributed by atoms with Crippen molar-refractivity contribution in [3.05, 3.63) is 59.2 Å². The van der Waals surface area contributed by atoms with E-state index in [-0.39, 0.29) is 17.2 Å². The highest BCUT2D eigenvalue weighted by atomic mass is 35.5. The minimum absolute atomic E-state index is 0.0949. The summed E-state index contributed by atoms with van der Waals surface area (Å²) in [5, 5.41) is 2.09. The summed E-state index contributed by atoms with van der Waals surface area (Å²) in [6.45, 7) is 5.67. The molecule has 6 heteroatoms. The van der Waals surface area contributed by atoms with Crippen LogP contribution in [0.5, 0.6) is 0 Å². The van der Waals surface area contributed by atoms with Crippen LogP contribution in [0.2, 0.25) is 0 Å². The number of benzene rings is 2. The molecule has 0 aliphatic carbocycles. The molecule has 2 atom stereocenters. The summed E-state index contributed by atoms with van der Waals surface area (Å²) in [4.78, 5) is 26.3. The lowest BCUT2D eigenvalue weighted by Crippen LogP contribution is -2.28. The molecule has 1 aliphatic rings. The van der Waals surface area contributed by atoms with Gasteiger partial charge in [-0.3, -0.25) is 14.5 Å². The van der Waals surface area contributed by atoms with Crippen molar-refractivity contribution in [2.24, 2.45) is 0 Å². The summed E-state index contributed by atoms with van der Waals surface area (Å²) in [5.74, 6) is 0.288. The Hall–Kier alpha value is -1.98. The molecule has 0 spiro atoms. The van der Waals surface area contributed by atoms with Gasteiger partial charge in [0.2, 0.25) is 11.8 Å². The second kappa shape index (κ2) is 7.72. The van der Waals surface area contributed by atoms with Crippen molar-refractivity contribution in [1.82, 2.24) is 0 Å². The lowest BCUT2D eigenvalue weighted by Gasteiger charge is -2.26. The number of thioether (sulfide) groups is 1. The standard InChI is InChI=1S/C20H21ClN2O2S/c1-12-7-8-13(2)17(9-12)23-18(24)11-26-20(23)15-5-4-6-16(10-15)22-19(25)14(3)21/h4-10,14,20H,11H2,1-3H3,(H,22,25)/t14-,20-/m0/s1. The first-order valence-electron chi connectivity index (χ1n) is 8.42. The molecule has 1 heterocycles. The van der Waals surface area contributed by atoms with Gasteiger partial charge in [-0.2, -0.15) is 0 Å². The van der Waals surface area contributed by atoms with Crippen molar-refractivity contribution in [2.75, 3.05) is 16.0 Å². The van der Waals surface area contributed by atoms with E-state index in [4.69, 9.17) is 11.6 Å². The molecule has 2 aromatic carbocycles. The van der Waals surface area contributed by atoms with E-state index < -0.39 is 5.38 Å². The van der Waals surface area contributed by atoms with Crippen LogP contribution in [0.4, 0.5) is 11.4 Å². The predicted octanol–water partition coefficient (Wildman–Crippen LogP) is 4.65. The third-order valence-corrected chi connectivity index (χ3v) is 5.70. The molecular formula is C20H21ClN2O2S. The summed E-state index contributed by atoms with van der Waals surface area (Å²) < 4.78 is 0. The fraction of sp³-hybridized carbons (Fsp3) is 0.300. The highest BCUT2D eigenvalue weighted by Gasteiger charge is 2.35. The van der Waals surface area contributed by atoms with Gasteiger partial charge in [0, 0.05) is 11.4 Å². The van der Waals surface area contributed by atoms with Crippen LogP contribution in [0.1, 0.15) is 29.0 Å². The predicted molar refractivity (Wildman–Crippen MR) is 109 cm³/mol. The Morgan fingerprint density at radius 2 is 2.04 bits per heavy atom. The Morgan fingerprint density at radius 3 is 2.77 bits per heavy atom. The molecule has 136 valence electrons. The number of anilines is 2. The largest absolute Gasteiger partial charge is 0.325 e.